The van der Waals surface area contributed by atoms with Gasteiger partial charge in [-0.3, -0.25) is 0 Å². The van der Waals surface area contributed by atoms with Crippen LogP contribution in [0.15, 0.2) is 28.7 Å². The second kappa shape index (κ2) is 5.00. The number of nitrogens with zero attached hydrogens (tertiary/aromatic N) is 1. The molecule has 0 saturated carbocycles. The standard InChI is InChI=1S/C13H16BrNO/c1-3-9(2)10(14)8-13-15-11-6-4-5-7-12(11)16-13/h4-7,9-10H,3,8H2,1-2H3. The minimum atomic E-state index is 0.436. The highest BCUT2D eigenvalue weighted by Gasteiger charge is 2.16. The highest BCUT2D eigenvalue weighted by atomic mass is 79.9. The molecular weight excluding hydrogens is 266 g/mol. The summed E-state index contributed by atoms with van der Waals surface area (Å²) in [6, 6.07) is 7.89. The maximum Gasteiger partial charge on any atom is 0.196 e. The Morgan fingerprint density at radius 2 is 2.12 bits per heavy atom. The zero-order valence-corrected chi connectivity index (χ0v) is 11.2. The van der Waals surface area contributed by atoms with Crippen LogP contribution in [0.2, 0.25) is 0 Å². The Balaban J connectivity index is 2.15. The van der Waals surface area contributed by atoms with Gasteiger partial charge in [0, 0.05) is 11.2 Å². The van der Waals surface area contributed by atoms with Crippen LogP contribution in [-0.4, -0.2) is 9.81 Å². The summed E-state index contributed by atoms with van der Waals surface area (Å²) < 4.78 is 5.69. The number of hydrogen-bond donors (Lipinski definition) is 0. The van der Waals surface area contributed by atoms with E-state index in [-0.39, 0.29) is 0 Å². The Morgan fingerprint density at radius 1 is 1.38 bits per heavy atom. The van der Waals surface area contributed by atoms with E-state index in [0.29, 0.717) is 10.7 Å². The first kappa shape index (κ1) is 11.6. The van der Waals surface area contributed by atoms with Gasteiger partial charge in [0.25, 0.3) is 0 Å². The van der Waals surface area contributed by atoms with Crippen molar-refractivity contribution in [2.24, 2.45) is 5.92 Å². The van der Waals surface area contributed by atoms with Crippen molar-refractivity contribution in [3.63, 3.8) is 0 Å². The molecule has 1 aromatic heterocycles. The Kier molecular flexibility index (Phi) is 3.64. The third kappa shape index (κ3) is 2.46. The minimum Gasteiger partial charge on any atom is -0.441 e. The smallest absolute Gasteiger partial charge is 0.196 e. The maximum absolute atomic E-state index is 5.69. The molecule has 0 saturated heterocycles. The van der Waals surface area contributed by atoms with Crippen LogP contribution < -0.4 is 0 Å². The Hall–Kier alpha value is -0.830. The molecule has 0 spiro atoms. The predicted molar refractivity (Wildman–Crippen MR) is 69.9 cm³/mol. The topological polar surface area (TPSA) is 26.0 Å². The third-order valence-electron chi connectivity index (χ3n) is 2.97. The number of aromatic nitrogens is 1. The van der Waals surface area contributed by atoms with Crippen LogP contribution in [0.25, 0.3) is 11.1 Å². The number of benzene rings is 1. The van der Waals surface area contributed by atoms with Crippen molar-refractivity contribution in [1.29, 1.82) is 0 Å². The predicted octanol–water partition coefficient (Wildman–Crippen LogP) is 4.18. The van der Waals surface area contributed by atoms with Crippen LogP contribution in [0.1, 0.15) is 26.2 Å². The Morgan fingerprint density at radius 3 is 2.81 bits per heavy atom. The number of hydrogen-bond acceptors (Lipinski definition) is 2. The molecule has 0 aliphatic heterocycles. The molecule has 16 heavy (non-hydrogen) atoms. The van der Waals surface area contributed by atoms with Gasteiger partial charge >= 0.3 is 0 Å². The van der Waals surface area contributed by atoms with Gasteiger partial charge in [-0.25, -0.2) is 4.98 Å². The fourth-order valence-electron chi connectivity index (χ4n) is 1.63. The van der Waals surface area contributed by atoms with E-state index in [1.54, 1.807) is 0 Å². The average molecular weight is 282 g/mol. The second-order valence-corrected chi connectivity index (χ2v) is 5.36. The van der Waals surface area contributed by atoms with Crippen LogP contribution in [0.3, 0.4) is 0 Å². The first-order valence-electron chi connectivity index (χ1n) is 5.69. The van der Waals surface area contributed by atoms with Crippen LogP contribution in [0, 0.1) is 5.92 Å². The zero-order valence-electron chi connectivity index (χ0n) is 9.61. The molecule has 0 N–H and O–H groups in total. The van der Waals surface area contributed by atoms with Crippen molar-refractivity contribution in [2.75, 3.05) is 0 Å². The van der Waals surface area contributed by atoms with Gasteiger partial charge in [-0.1, -0.05) is 48.3 Å². The van der Waals surface area contributed by atoms with Crippen molar-refractivity contribution in [1.82, 2.24) is 4.98 Å². The highest BCUT2D eigenvalue weighted by Crippen LogP contribution is 2.22. The van der Waals surface area contributed by atoms with E-state index in [9.17, 15) is 0 Å². The van der Waals surface area contributed by atoms with Gasteiger partial charge in [-0.15, -0.1) is 0 Å². The quantitative estimate of drug-likeness (QED) is 0.786. The van der Waals surface area contributed by atoms with Crippen molar-refractivity contribution in [3.8, 4) is 0 Å². The maximum atomic E-state index is 5.69. The van der Waals surface area contributed by atoms with Gasteiger partial charge in [0.15, 0.2) is 11.5 Å². The molecule has 0 aliphatic carbocycles. The van der Waals surface area contributed by atoms with Gasteiger partial charge in [0.1, 0.15) is 5.52 Å². The molecule has 0 bridgehead atoms. The molecule has 2 atom stereocenters. The van der Waals surface area contributed by atoms with E-state index in [1.165, 1.54) is 0 Å². The van der Waals surface area contributed by atoms with Gasteiger partial charge in [-0.2, -0.15) is 0 Å². The molecule has 86 valence electrons. The van der Waals surface area contributed by atoms with E-state index in [1.807, 2.05) is 24.3 Å². The lowest BCUT2D eigenvalue weighted by molar-refractivity contribution is 0.473. The van der Waals surface area contributed by atoms with Crippen molar-refractivity contribution >= 4 is 27.0 Å². The molecule has 2 unspecified atom stereocenters. The lowest BCUT2D eigenvalue weighted by Gasteiger charge is -2.13. The normalized spacial score (nSPS) is 15.2. The van der Waals surface area contributed by atoms with E-state index in [4.69, 9.17) is 4.42 Å². The van der Waals surface area contributed by atoms with Gasteiger partial charge in [0.05, 0.1) is 0 Å². The van der Waals surface area contributed by atoms with Gasteiger partial charge in [0.2, 0.25) is 0 Å². The average Bonchev–Trinajstić information content (AvgIpc) is 2.69. The number of rotatable bonds is 4. The number of para-hydroxylation sites is 2. The van der Waals surface area contributed by atoms with E-state index >= 15 is 0 Å². The van der Waals surface area contributed by atoms with E-state index in [0.717, 1.165) is 29.8 Å². The molecule has 0 amide bonds. The van der Waals surface area contributed by atoms with E-state index < -0.39 is 0 Å². The summed E-state index contributed by atoms with van der Waals surface area (Å²) in [4.78, 5) is 4.91. The Labute approximate surface area is 104 Å². The molecule has 2 nitrogen and oxygen atoms in total. The Bertz CT molecular complexity index is 433. The summed E-state index contributed by atoms with van der Waals surface area (Å²) >= 11 is 3.70. The number of fused-ring (bicyclic) bond motifs is 1. The molecule has 0 radical (unpaired) electrons. The summed E-state index contributed by atoms with van der Waals surface area (Å²) in [5.41, 5.74) is 1.82. The molecule has 2 aromatic rings. The third-order valence-corrected chi connectivity index (χ3v) is 4.20. The molecule has 0 aliphatic rings. The van der Waals surface area contributed by atoms with Crippen molar-refractivity contribution < 1.29 is 4.42 Å². The second-order valence-electron chi connectivity index (χ2n) is 4.18. The zero-order chi connectivity index (χ0) is 11.5. The summed E-state index contributed by atoms with van der Waals surface area (Å²) in [6.45, 7) is 4.44. The summed E-state index contributed by atoms with van der Waals surface area (Å²) in [5, 5.41) is 0. The first-order valence-corrected chi connectivity index (χ1v) is 6.60. The first-order chi connectivity index (χ1) is 7.70. The van der Waals surface area contributed by atoms with Crippen molar-refractivity contribution in [3.05, 3.63) is 30.2 Å². The largest absolute Gasteiger partial charge is 0.441 e. The molecule has 1 heterocycles. The van der Waals surface area contributed by atoms with Crippen LogP contribution in [0.5, 0.6) is 0 Å². The number of oxazole rings is 1. The van der Waals surface area contributed by atoms with Crippen LogP contribution >= 0.6 is 15.9 Å². The molecular formula is C13H16BrNO. The van der Waals surface area contributed by atoms with Crippen LogP contribution in [0.4, 0.5) is 0 Å². The fraction of sp³-hybridized carbons (Fsp3) is 0.462. The molecule has 0 fully saturated rings. The van der Waals surface area contributed by atoms with Gasteiger partial charge < -0.3 is 4.42 Å². The number of halogens is 1. The molecule has 3 heteroatoms. The monoisotopic (exact) mass is 281 g/mol. The fourth-order valence-corrected chi connectivity index (χ4v) is 2.28. The lowest BCUT2D eigenvalue weighted by atomic mass is 10.0. The van der Waals surface area contributed by atoms with E-state index in [2.05, 4.69) is 34.8 Å². The highest BCUT2D eigenvalue weighted by molar-refractivity contribution is 9.09. The molecule has 1 aromatic carbocycles. The minimum absolute atomic E-state index is 0.436. The van der Waals surface area contributed by atoms with Crippen LogP contribution in [-0.2, 0) is 6.42 Å². The summed E-state index contributed by atoms with van der Waals surface area (Å²) in [6.07, 6.45) is 2.01. The van der Waals surface area contributed by atoms with Gasteiger partial charge in [-0.05, 0) is 18.1 Å². The summed E-state index contributed by atoms with van der Waals surface area (Å²) in [5.74, 6) is 1.46. The van der Waals surface area contributed by atoms with Crippen molar-refractivity contribution in [2.45, 2.75) is 31.5 Å². The SMILES string of the molecule is CCC(C)C(Br)Cc1nc2ccccc2o1. The molecule has 2 rings (SSSR count). The number of alkyl halides is 1. The summed E-state index contributed by atoms with van der Waals surface area (Å²) in [7, 11) is 0. The lowest BCUT2D eigenvalue weighted by Crippen LogP contribution is -2.13.